The molecule has 0 saturated carbocycles. The normalized spacial score (nSPS) is 12.9. The molecule has 25 heavy (non-hydrogen) atoms. The third-order valence-corrected chi connectivity index (χ3v) is 3.76. The highest BCUT2D eigenvalue weighted by atomic mass is 19.1. The summed E-state index contributed by atoms with van der Waals surface area (Å²) in [5, 5.41) is 2.59. The summed E-state index contributed by atoms with van der Waals surface area (Å²) >= 11 is 0. The van der Waals surface area contributed by atoms with Gasteiger partial charge in [-0.1, -0.05) is 48.5 Å². The Kier molecular flexibility index (Phi) is 6.65. The molecule has 2 rings (SSSR count). The van der Waals surface area contributed by atoms with Crippen LogP contribution in [0.2, 0.25) is 0 Å². The van der Waals surface area contributed by atoms with Crippen molar-refractivity contribution in [2.75, 3.05) is 14.2 Å². The molecule has 0 aromatic heterocycles. The third kappa shape index (κ3) is 4.87. The van der Waals surface area contributed by atoms with E-state index in [0.29, 0.717) is 11.1 Å². The molecule has 0 aliphatic carbocycles. The Labute approximate surface area is 145 Å². The zero-order chi connectivity index (χ0) is 18.2. The maximum atomic E-state index is 13.9. The Balaban J connectivity index is 2.17. The van der Waals surface area contributed by atoms with E-state index in [1.54, 1.807) is 42.5 Å². The summed E-state index contributed by atoms with van der Waals surface area (Å²) in [5.41, 5.74) is 0.962. The summed E-state index contributed by atoms with van der Waals surface area (Å²) < 4.78 is 23.8. The smallest absolute Gasteiger partial charge is 0.328 e. The van der Waals surface area contributed by atoms with Crippen LogP contribution < -0.4 is 5.32 Å². The molecule has 2 aromatic rings. The van der Waals surface area contributed by atoms with Gasteiger partial charge in [-0.3, -0.25) is 4.79 Å². The van der Waals surface area contributed by atoms with Crippen LogP contribution in [-0.4, -0.2) is 32.1 Å². The molecule has 0 radical (unpaired) electrons. The Bertz CT molecular complexity index is 720. The topological polar surface area (TPSA) is 64.6 Å². The fourth-order valence-electron chi connectivity index (χ4n) is 2.49. The number of nitrogens with one attached hydrogen (secondary N) is 1. The lowest BCUT2D eigenvalue weighted by Crippen LogP contribution is -2.45. The lowest BCUT2D eigenvalue weighted by atomic mass is 10.0. The number of amides is 1. The molecule has 0 spiro atoms. The Morgan fingerprint density at radius 3 is 2.28 bits per heavy atom. The van der Waals surface area contributed by atoms with Crippen LogP contribution >= 0.6 is 0 Å². The quantitative estimate of drug-likeness (QED) is 0.783. The molecular weight excluding hydrogens is 325 g/mol. The van der Waals surface area contributed by atoms with Gasteiger partial charge in [-0.2, -0.15) is 0 Å². The molecule has 132 valence electrons. The minimum absolute atomic E-state index is 0.0175. The van der Waals surface area contributed by atoms with Crippen molar-refractivity contribution < 1.29 is 23.5 Å². The molecule has 1 N–H and O–H groups in total. The molecule has 6 heteroatoms. The summed E-state index contributed by atoms with van der Waals surface area (Å²) in [6, 6.07) is 13.9. The van der Waals surface area contributed by atoms with Crippen molar-refractivity contribution in [1.82, 2.24) is 5.32 Å². The number of carbonyl (C=O) groups is 2. The number of halogens is 1. The van der Waals surface area contributed by atoms with Crippen LogP contribution in [0.1, 0.15) is 17.2 Å². The number of methoxy groups -OCH3 is 2. The van der Waals surface area contributed by atoms with Crippen molar-refractivity contribution in [1.29, 1.82) is 0 Å². The Hall–Kier alpha value is -2.73. The third-order valence-electron chi connectivity index (χ3n) is 3.76. The zero-order valence-corrected chi connectivity index (χ0v) is 14.1. The van der Waals surface area contributed by atoms with E-state index >= 15 is 0 Å². The second kappa shape index (κ2) is 8.94. The van der Waals surface area contributed by atoms with Gasteiger partial charge in [0.05, 0.1) is 7.11 Å². The van der Waals surface area contributed by atoms with E-state index in [-0.39, 0.29) is 6.42 Å². The zero-order valence-electron chi connectivity index (χ0n) is 14.1. The van der Waals surface area contributed by atoms with Gasteiger partial charge < -0.3 is 14.8 Å². The molecule has 2 atom stereocenters. The summed E-state index contributed by atoms with van der Waals surface area (Å²) in [5.74, 6) is -1.60. The van der Waals surface area contributed by atoms with Crippen LogP contribution in [0.25, 0.3) is 0 Å². The summed E-state index contributed by atoms with van der Waals surface area (Å²) in [6.07, 6.45) is -0.898. The van der Waals surface area contributed by atoms with Crippen LogP contribution in [0.4, 0.5) is 4.39 Å². The molecule has 0 aliphatic rings. The average Bonchev–Trinajstić information content (AvgIpc) is 2.63. The van der Waals surface area contributed by atoms with Crippen LogP contribution in [0.15, 0.2) is 54.6 Å². The van der Waals surface area contributed by atoms with Gasteiger partial charge in [0.25, 0.3) is 5.91 Å². The predicted molar refractivity (Wildman–Crippen MR) is 90.2 cm³/mol. The average molecular weight is 345 g/mol. The van der Waals surface area contributed by atoms with E-state index in [4.69, 9.17) is 9.47 Å². The van der Waals surface area contributed by atoms with Crippen LogP contribution in [0, 0.1) is 5.82 Å². The van der Waals surface area contributed by atoms with E-state index in [9.17, 15) is 14.0 Å². The lowest BCUT2D eigenvalue weighted by Gasteiger charge is -2.21. The standard InChI is InChI=1S/C19H20FNO4/c1-24-17(13-8-4-3-5-9-13)18(22)21-16(19(23)25-2)12-14-10-6-7-11-15(14)20/h3-11,16-17H,12H2,1-2H3,(H,21,22)/t16-,17-/m1/s1. The van der Waals surface area contributed by atoms with Gasteiger partial charge in [-0.15, -0.1) is 0 Å². The highest BCUT2D eigenvalue weighted by Gasteiger charge is 2.28. The van der Waals surface area contributed by atoms with Crippen LogP contribution in [0.3, 0.4) is 0 Å². The molecule has 1 amide bonds. The van der Waals surface area contributed by atoms with E-state index < -0.39 is 29.8 Å². The second-order valence-electron chi connectivity index (χ2n) is 5.41. The number of ether oxygens (including phenoxy) is 2. The molecule has 0 fully saturated rings. The number of esters is 1. The lowest BCUT2D eigenvalue weighted by molar-refractivity contribution is -0.146. The van der Waals surface area contributed by atoms with Crippen molar-refractivity contribution in [2.24, 2.45) is 0 Å². The minimum atomic E-state index is -1.02. The fourth-order valence-corrected chi connectivity index (χ4v) is 2.49. The van der Waals surface area contributed by atoms with Crippen molar-refractivity contribution in [3.8, 4) is 0 Å². The van der Waals surface area contributed by atoms with Crippen molar-refractivity contribution in [2.45, 2.75) is 18.6 Å². The van der Waals surface area contributed by atoms with Gasteiger partial charge in [0, 0.05) is 13.5 Å². The first kappa shape index (κ1) is 18.6. The number of rotatable bonds is 7. The van der Waals surface area contributed by atoms with Gasteiger partial charge in [0.1, 0.15) is 11.9 Å². The van der Waals surface area contributed by atoms with Crippen LogP contribution in [-0.2, 0) is 25.5 Å². The van der Waals surface area contributed by atoms with Gasteiger partial charge in [-0.25, -0.2) is 9.18 Å². The van der Waals surface area contributed by atoms with Gasteiger partial charge in [-0.05, 0) is 17.2 Å². The van der Waals surface area contributed by atoms with Crippen molar-refractivity contribution >= 4 is 11.9 Å². The number of carbonyl (C=O) groups excluding carboxylic acids is 2. The predicted octanol–water partition coefficient (Wildman–Crippen LogP) is 2.41. The van der Waals surface area contributed by atoms with E-state index in [1.807, 2.05) is 6.07 Å². The SMILES string of the molecule is COC(=O)[C@@H](Cc1ccccc1F)NC(=O)[C@H](OC)c1ccccc1. The largest absolute Gasteiger partial charge is 0.467 e. The first-order chi connectivity index (χ1) is 12.1. The first-order valence-corrected chi connectivity index (χ1v) is 7.76. The maximum absolute atomic E-state index is 13.9. The van der Waals surface area contributed by atoms with E-state index in [2.05, 4.69) is 5.32 Å². The summed E-state index contributed by atoms with van der Waals surface area (Å²) in [6.45, 7) is 0. The highest BCUT2D eigenvalue weighted by molar-refractivity contribution is 5.87. The van der Waals surface area contributed by atoms with Gasteiger partial charge >= 0.3 is 5.97 Å². The maximum Gasteiger partial charge on any atom is 0.328 e. The highest BCUT2D eigenvalue weighted by Crippen LogP contribution is 2.17. The van der Waals surface area contributed by atoms with Gasteiger partial charge in [0.2, 0.25) is 0 Å². The molecule has 0 unspecified atom stereocenters. The first-order valence-electron chi connectivity index (χ1n) is 7.76. The molecule has 0 aliphatic heterocycles. The molecule has 0 heterocycles. The van der Waals surface area contributed by atoms with Gasteiger partial charge in [0.15, 0.2) is 6.10 Å². The molecular formula is C19H20FNO4. The van der Waals surface area contributed by atoms with Crippen LogP contribution in [0.5, 0.6) is 0 Å². The van der Waals surface area contributed by atoms with Crippen molar-refractivity contribution in [3.63, 3.8) is 0 Å². The molecule has 0 bridgehead atoms. The fraction of sp³-hybridized carbons (Fsp3) is 0.263. The summed E-state index contributed by atoms with van der Waals surface area (Å²) in [7, 11) is 2.62. The van der Waals surface area contributed by atoms with E-state index in [0.717, 1.165) is 0 Å². The number of hydrogen-bond acceptors (Lipinski definition) is 4. The number of benzene rings is 2. The molecule has 2 aromatic carbocycles. The summed E-state index contributed by atoms with van der Waals surface area (Å²) in [4.78, 5) is 24.6. The monoisotopic (exact) mass is 345 g/mol. The molecule has 5 nitrogen and oxygen atoms in total. The molecule has 0 saturated heterocycles. The minimum Gasteiger partial charge on any atom is -0.467 e. The second-order valence-corrected chi connectivity index (χ2v) is 5.41. The Morgan fingerprint density at radius 1 is 1.04 bits per heavy atom. The Morgan fingerprint density at radius 2 is 1.68 bits per heavy atom. The van der Waals surface area contributed by atoms with Crippen molar-refractivity contribution in [3.05, 3.63) is 71.5 Å². The van der Waals surface area contributed by atoms with E-state index in [1.165, 1.54) is 20.3 Å². The number of hydrogen-bond donors (Lipinski definition) is 1.